The van der Waals surface area contributed by atoms with Crippen LogP contribution >= 0.6 is 7.60 Å². The van der Waals surface area contributed by atoms with Crippen LogP contribution in [0, 0.1) is 18.8 Å². The van der Waals surface area contributed by atoms with Crippen LogP contribution in [0.4, 0.5) is 5.69 Å². The van der Waals surface area contributed by atoms with Crippen LogP contribution in [0.2, 0.25) is 0 Å². The van der Waals surface area contributed by atoms with Gasteiger partial charge in [0.1, 0.15) is 17.2 Å². The van der Waals surface area contributed by atoms with Gasteiger partial charge in [-0.25, -0.2) is 0 Å². The predicted octanol–water partition coefficient (Wildman–Crippen LogP) is 5.34. The van der Waals surface area contributed by atoms with Crippen LogP contribution < -0.4 is 4.74 Å². The van der Waals surface area contributed by atoms with Gasteiger partial charge in [-0.05, 0) is 71.8 Å². The summed E-state index contributed by atoms with van der Waals surface area (Å²) < 4.78 is 17.1. The molecular weight excluding hydrogens is 353 g/mol. The van der Waals surface area contributed by atoms with E-state index in [9.17, 15) is 9.47 Å². The van der Waals surface area contributed by atoms with Crippen LogP contribution in [0.15, 0.2) is 35.5 Å². The van der Waals surface area contributed by atoms with Crippen LogP contribution in [0.25, 0.3) is 0 Å². The Morgan fingerprint density at radius 1 is 1.12 bits per heavy atom. The average Bonchev–Trinajstić information content (AvgIpc) is 2.55. The Hall–Kier alpha value is -2.01. The number of ether oxygens (including phenoxy) is 1. The molecule has 0 atom stereocenters. The molecule has 0 saturated carbocycles. The minimum absolute atomic E-state index is 0.142. The zero-order valence-corrected chi connectivity index (χ0v) is 16.3. The molecule has 140 valence electrons. The quantitative estimate of drug-likeness (QED) is 0.502. The molecule has 0 aliphatic carbocycles. The molecule has 6 nitrogen and oxygen atoms in total. The third kappa shape index (κ3) is 5.24. The second-order valence-corrected chi connectivity index (χ2v) is 8.54. The van der Waals surface area contributed by atoms with Crippen molar-refractivity contribution in [3.8, 4) is 11.5 Å². The lowest BCUT2D eigenvalue weighted by molar-refractivity contribution is 0.373. The van der Waals surface area contributed by atoms with Gasteiger partial charge >= 0.3 is 7.60 Å². The van der Waals surface area contributed by atoms with Crippen LogP contribution in [0.3, 0.4) is 0 Å². The number of nitroso groups, excluding NO2 is 1. The number of hydrogen-bond acceptors (Lipinski definition) is 4. The van der Waals surface area contributed by atoms with Crippen molar-refractivity contribution in [2.45, 2.75) is 40.0 Å². The van der Waals surface area contributed by atoms with Crippen molar-refractivity contribution in [3.05, 3.63) is 57.5 Å². The van der Waals surface area contributed by atoms with Gasteiger partial charge in [-0.2, -0.15) is 0 Å². The van der Waals surface area contributed by atoms with Gasteiger partial charge in [-0.1, -0.05) is 26.0 Å². The van der Waals surface area contributed by atoms with Crippen molar-refractivity contribution in [3.63, 3.8) is 0 Å². The summed E-state index contributed by atoms with van der Waals surface area (Å²) in [7, 11) is -4.02. The Kier molecular flexibility index (Phi) is 6.34. The van der Waals surface area contributed by atoms with Gasteiger partial charge in [0.25, 0.3) is 0 Å². The summed E-state index contributed by atoms with van der Waals surface area (Å²) in [5.41, 5.74) is 3.86. The summed E-state index contributed by atoms with van der Waals surface area (Å²) in [4.78, 5) is 29.0. The van der Waals surface area contributed by atoms with Gasteiger partial charge in [0.2, 0.25) is 0 Å². The molecule has 2 aromatic rings. The first-order valence-electron chi connectivity index (χ1n) is 8.40. The minimum atomic E-state index is -4.02. The molecule has 7 heteroatoms. The van der Waals surface area contributed by atoms with E-state index in [0.717, 1.165) is 22.3 Å². The van der Waals surface area contributed by atoms with E-state index >= 15 is 0 Å². The van der Waals surface area contributed by atoms with Gasteiger partial charge in [-0.15, -0.1) is 4.91 Å². The van der Waals surface area contributed by atoms with Crippen molar-refractivity contribution in [2.75, 3.05) is 6.16 Å². The van der Waals surface area contributed by atoms with Crippen molar-refractivity contribution >= 4 is 13.3 Å². The molecule has 0 heterocycles. The van der Waals surface area contributed by atoms with E-state index in [2.05, 4.69) is 5.18 Å². The van der Waals surface area contributed by atoms with E-state index in [0.29, 0.717) is 23.6 Å². The highest BCUT2D eigenvalue weighted by Crippen LogP contribution is 2.37. The highest BCUT2D eigenvalue weighted by molar-refractivity contribution is 7.51. The van der Waals surface area contributed by atoms with E-state index in [4.69, 9.17) is 14.5 Å². The second-order valence-electron chi connectivity index (χ2n) is 6.77. The summed E-state index contributed by atoms with van der Waals surface area (Å²) in [5, 5.41) is 3.06. The zero-order valence-electron chi connectivity index (χ0n) is 15.4. The fraction of sp³-hybridized carbons (Fsp3) is 0.368. The summed E-state index contributed by atoms with van der Waals surface area (Å²) in [6.07, 6.45) is 0.132. The first kappa shape index (κ1) is 20.3. The fourth-order valence-electron chi connectivity index (χ4n) is 2.88. The molecule has 0 aromatic heterocycles. The minimum Gasteiger partial charge on any atom is -0.457 e. The van der Waals surface area contributed by atoms with Crippen molar-refractivity contribution < 1.29 is 19.1 Å². The lowest BCUT2D eigenvalue weighted by atomic mass is 10.0. The summed E-state index contributed by atoms with van der Waals surface area (Å²) in [5.74, 6) is 1.46. The van der Waals surface area contributed by atoms with Crippen molar-refractivity contribution in [1.29, 1.82) is 0 Å². The molecular formula is C19H24NO5P. The molecule has 0 aliphatic rings. The Labute approximate surface area is 153 Å². The molecule has 0 bridgehead atoms. The van der Waals surface area contributed by atoms with E-state index < -0.39 is 7.60 Å². The van der Waals surface area contributed by atoms with Gasteiger partial charge < -0.3 is 14.5 Å². The number of nitrogens with zero attached hydrogens (tertiary/aromatic N) is 1. The Morgan fingerprint density at radius 2 is 1.73 bits per heavy atom. The topological polar surface area (TPSA) is 96.2 Å². The Morgan fingerprint density at radius 3 is 2.23 bits per heavy atom. The number of hydrogen-bond donors (Lipinski definition) is 2. The van der Waals surface area contributed by atoms with Gasteiger partial charge in [-0.3, -0.25) is 4.57 Å². The lowest BCUT2D eigenvalue weighted by Gasteiger charge is -2.16. The second kappa shape index (κ2) is 8.12. The third-order valence-corrected chi connectivity index (χ3v) is 4.96. The van der Waals surface area contributed by atoms with E-state index in [-0.39, 0.29) is 12.1 Å². The van der Waals surface area contributed by atoms with Crippen LogP contribution in [0.5, 0.6) is 11.5 Å². The Bertz CT molecular complexity index is 834. The first-order chi connectivity index (χ1) is 12.1. The van der Waals surface area contributed by atoms with Gasteiger partial charge in [0.15, 0.2) is 0 Å². The molecule has 0 spiro atoms. The highest BCUT2D eigenvalue weighted by Gasteiger charge is 2.15. The smallest absolute Gasteiger partial charge is 0.325 e. The lowest BCUT2D eigenvalue weighted by Crippen LogP contribution is -1.98. The van der Waals surface area contributed by atoms with E-state index in [1.807, 2.05) is 45.9 Å². The highest BCUT2D eigenvalue weighted by atomic mass is 31.2. The number of benzene rings is 2. The largest absolute Gasteiger partial charge is 0.457 e. The molecule has 0 aliphatic heterocycles. The van der Waals surface area contributed by atoms with Crippen molar-refractivity contribution in [2.24, 2.45) is 5.18 Å². The maximum Gasteiger partial charge on any atom is 0.325 e. The maximum atomic E-state index is 11.1. The zero-order chi connectivity index (χ0) is 19.5. The standard InChI is InChI=1S/C19H24NO5P/c1-12(2)17-11-16(5-6-18(17)20-21)25-19-13(3)9-15(10-14(19)4)7-8-26(22,23)24/h5-6,9-12H,7-8H2,1-4H3,(H2,22,23,24). The summed E-state index contributed by atoms with van der Waals surface area (Å²) >= 11 is 0. The van der Waals surface area contributed by atoms with Crippen molar-refractivity contribution in [1.82, 2.24) is 0 Å². The molecule has 2 rings (SSSR count). The van der Waals surface area contributed by atoms with E-state index in [1.54, 1.807) is 12.1 Å². The summed E-state index contributed by atoms with van der Waals surface area (Å²) in [6.45, 7) is 7.77. The van der Waals surface area contributed by atoms with Crippen LogP contribution in [0.1, 0.15) is 42.0 Å². The molecule has 0 radical (unpaired) electrons. The third-order valence-electron chi connectivity index (χ3n) is 4.15. The predicted molar refractivity (Wildman–Crippen MR) is 103 cm³/mol. The molecule has 2 aromatic carbocycles. The van der Waals surface area contributed by atoms with E-state index in [1.165, 1.54) is 0 Å². The number of rotatable bonds is 7. The van der Waals surface area contributed by atoms with Gasteiger partial charge in [0, 0.05) is 0 Å². The summed E-state index contributed by atoms with van der Waals surface area (Å²) in [6, 6.07) is 8.94. The normalized spacial score (nSPS) is 11.7. The molecule has 0 unspecified atom stereocenters. The number of aryl methyl sites for hydroxylation is 3. The fourth-order valence-corrected chi connectivity index (χ4v) is 3.43. The molecule has 2 N–H and O–H groups in total. The first-order valence-corrected chi connectivity index (χ1v) is 10.2. The molecule has 0 amide bonds. The van der Waals surface area contributed by atoms with Crippen LogP contribution in [-0.2, 0) is 11.0 Å². The molecule has 26 heavy (non-hydrogen) atoms. The molecule has 0 fully saturated rings. The Balaban J connectivity index is 2.28. The molecule has 0 saturated heterocycles. The van der Waals surface area contributed by atoms with Crippen LogP contribution in [-0.4, -0.2) is 15.9 Å². The monoisotopic (exact) mass is 377 g/mol. The van der Waals surface area contributed by atoms with Gasteiger partial charge in [0.05, 0.1) is 6.16 Å². The average molecular weight is 377 g/mol. The SMILES string of the molecule is Cc1cc(CCP(=O)(O)O)cc(C)c1Oc1ccc(N=O)c(C(C)C)c1. The maximum absolute atomic E-state index is 11.1.